The summed E-state index contributed by atoms with van der Waals surface area (Å²) >= 11 is 9.24. The number of ketones is 1. The van der Waals surface area contributed by atoms with Crippen LogP contribution in [0.25, 0.3) is 6.08 Å². The molecule has 0 fully saturated rings. The van der Waals surface area contributed by atoms with E-state index in [1.807, 2.05) is 12.1 Å². The first kappa shape index (κ1) is 18.4. The van der Waals surface area contributed by atoms with E-state index in [0.29, 0.717) is 22.8 Å². The van der Waals surface area contributed by atoms with Gasteiger partial charge >= 0.3 is 0 Å². The SMILES string of the molecule is O=C(/C=C/c1ccc(COc2ccc(F)cc2Cl)o1)c1ccc(Br)cc1. The molecule has 0 spiro atoms. The van der Waals surface area contributed by atoms with Crippen LogP contribution in [0.15, 0.2) is 69.6 Å². The number of benzene rings is 2. The molecule has 3 nitrogen and oxygen atoms in total. The van der Waals surface area contributed by atoms with Gasteiger partial charge in [-0.05, 0) is 66.7 Å². The number of hydrogen-bond acceptors (Lipinski definition) is 3. The molecule has 3 rings (SSSR count). The molecule has 1 heterocycles. The van der Waals surface area contributed by atoms with Gasteiger partial charge in [-0.15, -0.1) is 0 Å². The molecule has 3 aromatic rings. The molecule has 0 unspecified atom stereocenters. The standard InChI is InChI=1S/C20H13BrClFO3/c21-14-3-1-13(2-4-14)19(24)9-8-16-6-7-17(26-16)12-25-20-10-5-15(23)11-18(20)22/h1-11H,12H2/b9-8+. The summed E-state index contributed by atoms with van der Waals surface area (Å²) in [5, 5.41) is 0.191. The third kappa shape index (κ3) is 4.84. The van der Waals surface area contributed by atoms with Crippen molar-refractivity contribution in [3.63, 3.8) is 0 Å². The molecule has 6 heteroatoms. The lowest BCUT2D eigenvalue weighted by atomic mass is 10.1. The zero-order valence-electron chi connectivity index (χ0n) is 13.4. The van der Waals surface area contributed by atoms with Crippen LogP contribution in [0.3, 0.4) is 0 Å². The minimum Gasteiger partial charge on any atom is -0.484 e. The fourth-order valence-corrected chi connectivity index (χ4v) is 2.66. The summed E-state index contributed by atoms with van der Waals surface area (Å²) < 4.78 is 25.0. The van der Waals surface area contributed by atoms with Gasteiger partial charge in [-0.1, -0.05) is 27.5 Å². The summed E-state index contributed by atoms with van der Waals surface area (Å²) in [6.07, 6.45) is 3.04. The summed E-state index contributed by atoms with van der Waals surface area (Å²) in [7, 11) is 0. The van der Waals surface area contributed by atoms with Crippen molar-refractivity contribution in [1.82, 2.24) is 0 Å². The van der Waals surface area contributed by atoms with Crippen LogP contribution in [-0.4, -0.2) is 5.78 Å². The molecule has 1 aromatic heterocycles. The van der Waals surface area contributed by atoms with Gasteiger partial charge in [-0.2, -0.15) is 0 Å². The van der Waals surface area contributed by atoms with Crippen molar-refractivity contribution in [2.75, 3.05) is 0 Å². The molecule has 0 amide bonds. The molecule has 0 N–H and O–H groups in total. The Labute approximate surface area is 163 Å². The highest BCUT2D eigenvalue weighted by atomic mass is 79.9. The number of allylic oxidation sites excluding steroid dienone is 1. The molecule has 0 saturated carbocycles. The van der Waals surface area contributed by atoms with E-state index >= 15 is 0 Å². The lowest BCUT2D eigenvalue weighted by Crippen LogP contribution is -1.94. The summed E-state index contributed by atoms with van der Waals surface area (Å²) in [6, 6.07) is 14.5. The predicted octanol–water partition coefficient (Wildman–Crippen LogP) is 6.31. The highest BCUT2D eigenvalue weighted by Crippen LogP contribution is 2.26. The van der Waals surface area contributed by atoms with Crippen LogP contribution in [-0.2, 0) is 6.61 Å². The molecule has 0 aliphatic carbocycles. The van der Waals surface area contributed by atoms with Gasteiger partial charge < -0.3 is 9.15 Å². The maximum Gasteiger partial charge on any atom is 0.185 e. The van der Waals surface area contributed by atoms with Crippen LogP contribution in [0.5, 0.6) is 5.75 Å². The van der Waals surface area contributed by atoms with Crippen molar-refractivity contribution in [3.8, 4) is 5.75 Å². The Kier molecular flexibility index (Phi) is 5.91. The monoisotopic (exact) mass is 434 g/mol. The van der Waals surface area contributed by atoms with Gasteiger partial charge in [0.25, 0.3) is 0 Å². The van der Waals surface area contributed by atoms with Crippen molar-refractivity contribution in [1.29, 1.82) is 0 Å². The number of hydrogen-bond donors (Lipinski definition) is 0. The Morgan fingerprint density at radius 2 is 1.92 bits per heavy atom. The van der Waals surface area contributed by atoms with Gasteiger partial charge in [0.2, 0.25) is 0 Å². The van der Waals surface area contributed by atoms with Crippen LogP contribution >= 0.6 is 27.5 Å². The van der Waals surface area contributed by atoms with E-state index < -0.39 is 5.82 Å². The lowest BCUT2D eigenvalue weighted by Gasteiger charge is -2.05. The van der Waals surface area contributed by atoms with Crippen LogP contribution in [0.2, 0.25) is 5.02 Å². The van der Waals surface area contributed by atoms with Gasteiger partial charge in [0.1, 0.15) is 29.7 Å². The zero-order valence-corrected chi connectivity index (χ0v) is 15.8. The van der Waals surface area contributed by atoms with E-state index in [9.17, 15) is 9.18 Å². The number of ether oxygens (including phenoxy) is 1. The van der Waals surface area contributed by atoms with Crippen LogP contribution in [0.1, 0.15) is 21.9 Å². The molecular formula is C20H13BrClFO3. The molecule has 132 valence electrons. The molecule has 0 bridgehead atoms. The summed E-state index contributed by atoms with van der Waals surface area (Å²) in [5.74, 6) is 0.903. The van der Waals surface area contributed by atoms with E-state index in [2.05, 4.69) is 15.9 Å². The van der Waals surface area contributed by atoms with Gasteiger partial charge in [-0.25, -0.2) is 4.39 Å². The average molecular weight is 436 g/mol. The molecule has 26 heavy (non-hydrogen) atoms. The predicted molar refractivity (Wildman–Crippen MR) is 102 cm³/mol. The highest BCUT2D eigenvalue weighted by Gasteiger charge is 2.06. The van der Waals surface area contributed by atoms with Crippen LogP contribution in [0, 0.1) is 5.82 Å². The topological polar surface area (TPSA) is 39.4 Å². The van der Waals surface area contributed by atoms with Gasteiger partial charge in [0.05, 0.1) is 5.02 Å². The third-order valence-corrected chi connectivity index (χ3v) is 4.30. The zero-order chi connectivity index (χ0) is 18.5. The number of carbonyl (C=O) groups is 1. The number of furan rings is 1. The van der Waals surface area contributed by atoms with Crippen molar-refractivity contribution in [3.05, 3.63) is 93.1 Å². The Hall–Kier alpha value is -2.37. The maximum absolute atomic E-state index is 13.0. The number of halogens is 3. The lowest BCUT2D eigenvalue weighted by molar-refractivity contribution is 0.104. The fourth-order valence-electron chi connectivity index (χ4n) is 2.17. The first-order valence-corrected chi connectivity index (χ1v) is 8.83. The van der Waals surface area contributed by atoms with Gasteiger partial charge in [0.15, 0.2) is 5.78 Å². The second kappa shape index (κ2) is 8.34. The Morgan fingerprint density at radius 3 is 2.65 bits per heavy atom. The second-order valence-corrected chi connectivity index (χ2v) is 6.69. The van der Waals surface area contributed by atoms with Crippen molar-refractivity contribution in [2.24, 2.45) is 0 Å². The third-order valence-electron chi connectivity index (χ3n) is 3.47. The van der Waals surface area contributed by atoms with E-state index in [1.54, 1.807) is 30.3 Å². The normalized spacial score (nSPS) is 11.0. The van der Waals surface area contributed by atoms with Crippen molar-refractivity contribution >= 4 is 39.4 Å². The Bertz CT molecular complexity index is 948. The van der Waals surface area contributed by atoms with Gasteiger partial charge in [0, 0.05) is 10.0 Å². The summed E-state index contributed by atoms with van der Waals surface area (Å²) in [5.41, 5.74) is 0.588. The van der Waals surface area contributed by atoms with E-state index in [4.69, 9.17) is 20.8 Å². The van der Waals surface area contributed by atoms with Crippen molar-refractivity contribution < 1.29 is 18.3 Å². The summed E-state index contributed by atoms with van der Waals surface area (Å²) in [6.45, 7) is 0.139. The van der Waals surface area contributed by atoms with Crippen LogP contribution in [0.4, 0.5) is 4.39 Å². The first-order chi connectivity index (χ1) is 12.5. The Balaban J connectivity index is 1.60. The first-order valence-electron chi connectivity index (χ1n) is 7.66. The Morgan fingerprint density at radius 1 is 1.15 bits per heavy atom. The average Bonchev–Trinajstić information content (AvgIpc) is 3.07. The highest BCUT2D eigenvalue weighted by molar-refractivity contribution is 9.10. The molecule has 0 aliphatic rings. The minimum atomic E-state index is -0.428. The molecule has 0 saturated heterocycles. The van der Waals surface area contributed by atoms with E-state index in [-0.39, 0.29) is 17.4 Å². The minimum absolute atomic E-state index is 0.121. The van der Waals surface area contributed by atoms with E-state index in [0.717, 1.165) is 4.47 Å². The molecule has 0 atom stereocenters. The maximum atomic E-state index is 13.0. The van der Waals surface area contributed by atoms with Crippen molar-refractivity contribution in [2.45, 2.75) is 6.61 Å². The van der Waals surface area contributed by atoms with Crippen LogP contribution < -0.4 is 4.74 Å². The van der Waals surface area contributed by atoms with E-state index in [1.165, 1.54) is 24.3 Å². The quantitative estimate of drug-likeness (QED) is 0.336. The van der Waals surface area contributed by atoms with Gasteiger partial charge in [-0.3, -0.25) is 4.79 Å². The summed E-state index contributed by atoms with van der Waals surface area (Å²) in [4.78, 5) is 12.1. The second-order valence-electron chi connectivity index (χ2n) is 5.37. The number of carbonyl (C=O) groups excluding carboxylic acids is 1. The largest absolute Gasteiger partial charge is 0.484 e. The number of rotatable bonds is 6. The fraction of sp³-hybridized carbons (Fsp3) is 0.0500. The molecule has 0 aliphatic heterocycles. The smallest absolute Gasteiger partial charge is 0.185 e. The molecular weight excluding hydrogens is 423 g/mol. The molecule has 2 aromatic carbocycles. The molecule has 0 radical (unpaired) electrons.